The van der Waals surface area contributed by atoms with Gasteiger partial charge in [0.1, 0.15) is 5.82 Å². The molecule has 17 heavy (non-hydrogen) atoms. The minimum Gasteiger partial charge on any atom is -0.369 e. The average molecular weight is 265 g/mol. The van der Waals surface area contributed by atoms with Crippen LogP contribution in [-0.4, -0.2) is 17.4 Å². The highest BCUT2D eigenvalue weighted by Gasteiger charge is 2.41. The quantitative estimate of drug-likeness (QED) is 0.842. The fourth-order valence-electron chi connectivity index (χ4n) is 1.48. The van der Waals surface area contributed by atoms with Crippen molar-refractivity contribution in [2.24, 2.45) is 5.41 Å². The van der Waals surface area contributed by atoms with Crippen molar-refractivity contribution in [3.8, 4) is 0 Å². The number of aromatic nitrogens is 1. The van der Waals surface area contributed by atoms with Gasteiger partial charge in [0.05, 0.1) is 5.56 Å². The van der Waals surface area contributed by atoms with Crippen molar-refractivity contribution in [3.05, 3.63) is 23.9 Å². The van der Waals surface area contributed by atoms with Crippen molar-refractivity contribution in [1.29, 1.82) is 0 Å². The molecule has 1 aliphatic carbocycles. The summed E-state index contributed by atoms with van der Waals surface area (Å²) in [5, 5.41) is 3.01. The lowest BCUT2D eigenvalue weighted by molar-refractivity contribution is -0.137. The fourth-order valence-corrected chi connectivity index (χ4v) is 1.84. The Morgan fingerprint density at radius 1 is 1.35 bits per heavy atom. The Kier molecular flexibility index (Phi) is 3.21. The molecule has 0 atom stereocenters. The van der Waals surface area contributed by atoms with E-state index in [0.717, 1.165) is 25.1 Å². The van der Waals surface area contributed by atoms with Crippen molar-refractivity contribution in [1.82, 2.24) is 4.98 Å². The van der Waals surface area contributed by atoms with Crippen LogP contribution < -0.4 is 5.32 Å². The number of halogens is 4. The van der Waals surface area contributed by atoms with Crippen LogP contribution >= 0.6 is 11.6 Å². The zero-order valence-electron chi connectivity index (χ0n) is 9.02. The first kappa shape index (κ1) is 12.5. The molecule has 1 heterocycles. The fraction of sp³-hybridized carbons (Fsp3) is 0.545. The molecule has 94 valence electrons. The van der Waals surface area contributed by atoms with Gasteiger partial charge in [-0.05, 0) is 25.0 Å². The number of anilines is 1. The number of pyridine rings is 1. The normalized spacial score (nSPS) is 17.9. The molecule has 0 aromatic carbocycles. The predicted molar refractivity (Wildman–Crippen MR) is 60.1 cm³/mol. The minimum absolute atomic E-state index is 0.117. The molecule has 2 nitrogen and oxygen atoms in total. The maximum Gasteiger partial charge on any atom is 0.417 e. The molecule has 1 N–H and O–H groups in total. The molecule has 1 aliphatic rings. The van der Waals surface area contributed by atoms with Gasteiger partial charge in [-0.15, -0.1) is 11.6 Å². The van der Waals surface area contributed by atoms with Crippen molar-refractivity contribution >= 4 is 17.4 Å². The van der Waals surface area contributed by atoms with Crippen LogP contribution in [0.1, 0.15) is 18.4 Å². The van der Waals surface area contributed by atoms with E-state index in [-0.39, 0.29) is 5.41 Å². The Morgan fingerprint density at radius 3 is 2.47 bits per heavy atom. The highest BCUT2D eigenvalue weighted by Crippen LogP contribution is 2.46. The van der Waals surface area contributed by atoms with Crippen LogP contribution in [0.3, 0.4) is 0 Å². The summed E-state index contributed by atoms with van der Waals surface area (Å²) in [7, 11) is 0. The number of hydrogen-bond acceptors (Lipinski definition) is 2. The van der Waals surface area contributed by atoms with Crippen LogP contribution in [0.25, 0.3) is 0 Å². The molecule has 0 amide bonds. The maximum absolute atomic E-state index is 12.3. The van der Waals surface area contributed by atoms with E-state index in [1.54, 1.807) is 0 Å². The van der Waals surface area contributed by atoms with Crippen LogP contribution in [0.5, 0.6) is 0 Å². The molecule has 0 saturated heterocycles. The summed E-state index contributed by atoms with van der Waals surface area (Å²) in [6, 6.07) is 2.36. The van der Waals surface area contributed by atoms with Crippen LogP contribution in [0, 0.1) is 5.41 Å². The second kappa shape index (κ2) is 4.37. The first-order valence-electron chi connectivity index (χ1n) is 5.28. The van der Waals surface area contributed by atoms with E-state index < -0.39 is 11.7 Å². The van der Waals surface area contributed by atoms with Gasteiger partial charge < -0.3 is 5.32 Å². The molecule has 0 bridgehead atoms. The van der Waals surface area contributed by atoms with Gasteiger partial charge >= 0.3 is 6.18 Å². The third-order valence-electron chi connectivity index (χ3n) is 2.98. The Bertz CT molecular complexity index is 385. The molecule has 0 radical (unpaired) electrons. The highest BCUT2D eigenvalue weighted by atomic mass is 35.5. The molecular formula is C11H12ClF3N2. The number of hydrogen-bond donors (Lipinski definition) is 1. The number of alkyl halides is 4. The van der Waals surface area contributed by atoms with Crippen molar-refractivity contribution in [3.63, 3.8) is 0 Å². The lowest BCUT2D eigenvalue weighted by atomic mass is 10.1. The molecule has 1 aromatic rings. The molecule has 2 rings (SSSR count). The third kappa shape index (κ3) is 3.03. The maximum atomic E-state index is 12.3. The Labute approximate surface area is 102 Å². The minimum atomic E-state index is -4.33. The van der Waals surface area contributed by atoms with Gasteiger partial charge in [-0.1, -0.05) is 0 Å². The largest absolute Gasteiger partial charge is 0.417 e. The average Bonchev–Trinajstić information content (AvgIpc) is 3.06. The number of rotatable bonds is 4. The van der Waals surface area contributed by atoms with Gasteiger partial charge in [0.15, 0.2) is 0 Å². The second-order valence-electron chi connectivity index (χ2n) is 4.42. The van der Waals surface area contributed by atoms with E-state index in [2.05, 4.69) is 10.3 Å². The predicted octanol–water partition coefficient (Wildman–Crippen LogP) is 3.53. The van der Waals surface area contributed by atoms with Gasteiger partial charge in [0.2, 0.25) is 0 Å². The summed E-state index contributed by atoms with van der Waals surface area (Å²) < 4.78 is 36.8. The van der Waals surface area contributed by atoms with Gasteiger partial charge in [-0.2, -0.15) is 13.2 Å². The smallest absolute Gasteiger partial charge is 0.369 e. The first-order chi connectivity index (χ1) is 7.95. The van der Waals surface area contributed by atoms with Crippen LogP contribution in [0.2, 0.25) is 0 Å². The van der Waals surface area contributed by atoms with E-state index in [0.29, 0.717) is 18.2 Å². The molecule has 6 heteroatoms. The van der Waals surface area contributed by atoms with Crippen molar-refractivity contribution < 1.29 is 13.2 Å². The van der Waals surface area contributed by atoms with E-state index >= 15 is 0 Å². The summed E-state index contributed by atoms with van der Waals surface area (Å²) >= 11 is 5.80. The number of nitrogens with one attached hydrogen (secondary N) is 1. The zero-order valence-corrected chi connectivity index (χ0v) is 9.78. The van der Waals surface area contributed by atoms with Gasteiger partial charge in [0, 0.05) is 24.0 Å². The highest BCUT2D eigenvalue weighted by molar-refractivity contribution is 6.18. The van der Waals surface area contributed by atoms with Gasteiger partial charge in [0.25, 0.3) is 0 Å². The lowest BCUT2D eigenvalue weighted by Gasteiger charge is -2.13. The summed E-state index contributed by atoms with van der Waals surface area (Å²) in [6.07, 6.45) is -1.38. The van der Waals surface area contributed by atoms with Gasteiger partial charge in [-0.25, -0.2) is 4.98 Å². The molecule has 1 fully saturated rings. The summed E-state index contributed by atoms with van der Waals surface area (Å²) in [5.41, 5.74) is -0.618. The molecule has 0 spiro atoms. The standard InChI is InChI=1S/C11H12ClF3N2/c12-6-10(3-4-10)7-17-9-2-1-8(5-16-9)11(13,14)15/h1-2,5H,3-4,6-7H2,(H,16,17). The molecule has 0 unspecified atom stereocenters. The van der Waals surface area contributed by atoms with Crippen LogP contribution in [-0.2, 0) is 6.18 Å². The van der Waals surface area contributed by atoms with Gasteiger partial charge in [-0.3, -0.25) is 0 Å². The zero-order chi connectivity index (χ0) is 12.5. The Balaban J connectivity index is 1.94. The summed E-state index contributed by atoms with van der Waals surface area (Å²) in [6.45, 7) is 0.662. The Hall–Kier alpha value is -0.970. The lowest BCUT2D eigenvalue weighted by Crippen LogP contribution is -2.17. The third-order valence-corrected chi connectivity index (χ3v) is 3.54. The molecule has 0 aliphatic heterocycles. The summed E-state index contributed by atoms with van der Waals surface area (Å²) in [4.78, 5) is 3.74. The molecular weight excluding hydrogens is 253 g/mol. The second-order valence-corrected chi connectivity index (χ2v) is 4.68. The monoisotopic (exact) mass is 264 g/mol. The van der Waals surface area contributed by atoms with Crippen molar-refractivity contribution in [2.45, 2.75) is 19.0 Å². The summed E-state index contributed by atoms with van der Waals surface area (Å²) in [5.74, 6) is 1.02. The van der Waals surface area contributed by atoms with E-state index in [9.17, 15) is 13.2 Å². The van der Waals surface area contributed by atoms with Crippen LogP contribution in [0.4, 0.5) is 19.0 Å². The van der Waals surface area contributed by atoms with E-state index in [4.69, 9.17) is 11.6 Å². The first-order valence-corrected chi connectivity index (χ1v) is 5.82. The van der Waals surface area contributed by atoms with Crippen molar-refractivity contribution in [2.75, 3.05) is 17.7 Å². The van der Waals surface area contributed by atoms with E-state index in [1.165, 1.54) is 6.07 Å². The number of nitrogens with zero attached hydrogens (tertiary/aromatic N) is 1. The van der Waals surface area contributed by atoms with Crippen LogP contribution in [0.15, 0.2) is 18.3 Å². The topological polar surface area (TPSA) is 24.9 Å². The molecule has 1 aromatic heterocycles. The molecule has 1 saturated carbocycles. The van der Waals surface area contributed by atoms with E-state index in [1.807, 2.05) is 0 Å². The SMILES string of the molecule is FC(F)(F)c1ccc(NCC2(CCl)CC2)nc1. The Morgan fingerprint density at radius 2 is 2.06 bits per heavy atom.